The van der Waals surface area contributed by atoms with E-state index in [2.05, 4.69) is 19.7 Å². The Bertz CT molecular complexity index is 1520. The third-order valence-corrected chi connectivity index (χ3v) is 8.39. The van der Waals surface area contributed by atoms with Gasteiger partial charge in [0.1, 0.15) is 12.2 Å². The van der Waals surface area contributed by atoms with Gasteiger partial charge in [0.25, 0.3) is 15.9 Å². The average Bonchev–Trinajstić information content (AvgIpc) is 3.35. The van der Waals surface area contributed by atoms with Crippen LogP contribution in [0.25, 0.3) is 0 Å². The summed E-state index contributed by atoms with van der Waals surface area (Å²) in [6, 6.07) is 10.1. The molecular weight excluding hydrogens is 578 g/mol. The topological polar surface area (TPSA) is 154 Å². The molecule has 1 unspecified atom stereocenters. The maximum absolute atomic E-state index is 13.6. The Labute approximate surface area is 251 Å². The van der Waals surface area contributed by atoms with Crippen LogP contribution in [0.1, 0.15) is 38.7 Å². The van der Waals surface area contributed by atoms with E-state index in [0.717, 1.165) is 5.56 Å². The first-order valence-electron chi connectivity index (χ1n) is 14.1. The van der Waals surface area contributed by atoms with Crippen molar-refractivity contribution in [2.45, 2.75) is 49.8 Å². The van der Waals surface area contributed by atoms with Crippen molar-refractivity contribution in [1.82, 2.24) is 15.0 Å². The predicted molar refractivity (Wildman–Crippen MR) is 158 cm³/mol. The van der Waals surface area contributed by atoms with E-state index >= 15 is 0 Å². The highest BCUT2D eigenvalue weighted by Crippen LogP contribution is 2.42. The number of aromatic nitrogens is 3. The lowest BCUT2D eigenvalue weighted by Gasteiger charge is -2.28. The van der Waals surface area contributed by atoms with Crippen molar-refractivity contribution in [3.8, 4) is 23.1 Å². The molecule has 2 aromatic heterocycles. The van der Waals surface area contributed by atoms with Gasteiger partial charge in [-0.15, -0.1) is 0 Å². The van der Waals surface area contributed by atoms with Crippen LogP contribution in [0, 0.1) is 0 Å². The first-order chi connectivity index (χ1) is 20.6. The molecule has 232 valence electrons. The molecule has 0 bridgehead atoms. The summed E-state index contributed by atoms with van der Waals surface area (Å²) in [6.45, 7) is 7.90. The first-order valence-corrected chi connectivity index (χ1v) is 15.5. The Morgan fingerprint density at radius 2 is 1.88 bits per heavy atom. The second kappa shape index (κ2) is 12.9. The number of anilines is 2. The molecular formula is C29H37N5O8S. The molecule has 2 aliphatic heterocycles. The van der Waals surface area contributed by atoms with Crippen LogP contribution in [0.4, 0.5) is 11.8 Å². The lowest BCUT2D eigenvalue weighted by molar-refractivity contribution is -0.0192. The summed E-state index contributed by atoms with van der Waals surface area (Å²) >= 11 is 0. The summed E-state index contributed by atoms with van der Waals surface area (Å²) in [4.78, 5) is 15.3. The van der Waals surface area contributed by atoms with Gasteiger partial charge in [0.05, 0.1) is 33.0 Å². The van der Waals surface area contributed by atoms with Gasteiger partial charge in [-0.3, -0.25) is 4.72 Å². The molecule has 4 heterocycles. The number of nitrogens with one attached hydrogen (secondary N) is 1. The van der Waals surface area contributed by atoms with E-state index in [4.69, 9.17) is 23.7 Å². The molecule has 14 heteroatoms. The van der Waals surface area contributed by atoms with Gasteiger partial charge >= 0.3 is 0 Å². The SMILES string of the molecule is COc1ccccc1Oc1c(NS(=O)(=O)c2ccc(C(C)C)cn2)nc(N2CCOCC2)nc1OCC1(C)C[C@@H](O)CO1. The largest absolute Gasteiger partial charge is 0.493 e. The lowest BCUT2D eigenvalue weighted by Crippen LogP contribution is -2.37. The van der Waals surface area contributed by atoms with Crippen molar-refractivity contribution in [3.05, 3.63) is 48.2 Å². The average molecular weight is 616 g/mol. The van der Waals surface area contributed by atoms with Crippen molar-refractivity contribution in [1.29, 1.82) is 0 Å². The van der Waals surface area contributed by atoms with Crippen molar-refractivity contribution in [2.24, 2.45) is 0 Å². The summed E-state index contributed by atoms with van der Waals surface area (Å²) in [5.41, 5.74) is 0.103. The van der Waals surface area contributed by atoms with Gasteiger partial charge in [0.2, 0.25) is 11.7 Å². The smallest absolute Gasteiger partial charge is 0.280 e. The summed E-state index contributed by atoms with van der Waals surface area (Å²) in [6.07, 6.45) is 1.27. The number of benzene rings is 1. The third-order valence-electron chi connectivity index (χ3n) is 7.14. The number of sulfonamides is 1. The Morgan fingerprint density at radius 1 is 1.14 bits per heavy atom. The van der Waals surface area contributed by atoms with E-state index in [1.165, 1.54) is 19.4 Å². The van der Waals surface area contributed by atoms with E-state index in [1.54, 1.807) is 30.3 Å². The number of methoxy groups -OCH3 is 1. The molecule has 5 rings (SSSR count). The van der Waals surface area contributed by atoms with Crippen LogP contribution in [0.15, 0.2) is 47.6 Å². The maximum Gasteiger partial charge on any atom is 0.280 e. The van der Waals surface area contributed by atoms with Crippen LogP contribution >= 0.6 is 0 Å². The lowest BCUT2D eigenvalue weighted by atomic mass is 10.0. The number of aliphatic hydroxyl groups excluding tert-OH is 1. The van der Waals surface area contributed by atoms with Gasteiger partial charge in [0.15, 0.2) is 22.3 Å². The van der Waals surface area contributed by atoms with Crippen molar-refractivity contribution in [2.75, 3.05) is 56.2 Å². The van der Waals surface area contributed by atoms with Crippen LogP contribution in [-0.2, 0) is 19.5 Å². The number of rotatable bonds is 11. The second-order valence-corrected chi connectivity index (χ2v) is 12.6. The molecule has 13 nitrogen and oxygen atoms in total. The number of pyridine rings is 1. The summed E-state index contributed by atoms with van der Waals surface area (Å²) in [7, 11) is -2.72. The highest BCUT2D eigenvalue weighted by atomic mass is 32.2. The molecule has 0 aliphatic carbocycles. The third kappa shape index (κ3) is 7.26. The number of nitrogens with zero attached hydrogens (tertiary/aromatic N) is 4. The normalized spacial score (nSPS) is 20.7. The number of ether oxygens (including phenoxy) is 5. The summed E-state index contributed by atoms with van der Waals surface area (Å²) < 4.78 is 59.0. The minimum absolute atomic E-state index is 0.0102. The monoisotopic (exact) mass is 615 g/mol. The molecule has 2 aliphatic rings. The van der Waals surface area contributed by atoms with Crippen LogP contribution in [-0.4, -0.2) is 86.8 Å². The van der Waals surface area contributed by atoms with Crippen LogP contribution in [0.5, 0.6) is 23.1 Å². The molecule has 0 radical (unpaired) electrons. The van der Waals surface area contributed by atoms with E-state index in [9.17, 15) is 13.5 Å². The van der Waals surface area contributed by atoms with Crippen LogP contribution in [0.3, 0.4) is 0 Å². The predicted octanol–water partition coefficient (Wildman–Crippen LogP) is 3.35. The summed E-state index contributed by atoms with van der Waals surface area (Å²) in [5.74, 6) is 0.854. The maximum atomic E-state index is 13.6. The molecule has 0 amide bonds. The van der Waals surface area contributed by atoms with Gasteiger partial charge in [-0.1, -0.05) is 32.0 Å². The van der Waals surface area contributed by atoms with E-state index in [-0.39, 0.29) is 53.3 Å². The Hall–Kier alpha value is -3.72. The minimum atomic E-state index is -4.22. The van der Waals surface area contributed by atoms with Crippen molar-refractivity contribution in [3.63, 3.8) is 0 Å². The molecule has 2 atom stereocenters. The second-order valence-electron chi connectivity index (χ2n) is 11.0. The first kappa shape index (κ1) is 30.7. The van der Waals surface area contributed by atoms with Gasteiger partial charge in [0, 0.05) is 25.7 Å². The van der Waals surface area contributed by atoms with Crippen molar-refractivity contribution < 1.29 is 37.2 Å². The fourth-order valence-electron chi connectivity index (χ4n) is 4.70. The van der Waals surface area contributed by atoms with Gasteiger partial charge in [-0.2, -0.15) is 18.4 Å². The zero-order chi connectivity index (χ0) is 30.6. The molecule has 0 spiro atoms. The van der Waals surface area contributed by atoms with Crippen molar-refractivity contribution >= 4 is 21.8 Å². The number of morpholine rings is 1. The van der Waals surface area contributed by atoms with Gasteiger partial charge < -0.3 is 33.7 Å². The zero-order valence-electron chi connectivity index (χ0n) is 24.6. The highest BCUT2D eigenvalue weighted by Gasteiger charge is 2.37. The van der Waals surface area contributed by atoms with E-state index in [1.807, 2.05) is 25.7 Å². The standard InChI is InChI=1S/C29H37N5O8S/c1-19(2)20-9-10-24(30-16-20)43(36,37)33-26-25(42-23-8-6-5-7-22(23)38-4)27(40-18-29(3)15-21(35)17-41-29)32-28(31-26)34-11-13-39-14-12-34/h5-10,16,19,21,35H,11-15,17-18H2,1-4H3,(H,31,32,33)/t21-,29?/m1/s1. The number of hydrogen-bond acceptors (Lipinski definition) is 12. The zero-order valence-corrected chi connectivity index (χ0v) is 25.5. The van der Waals surface area contributed by atoms with E-state index in [0.29, 0.717) is 38.5 Å². The van der Waals surface area contributed by atoms with Gasteiger partial charge in [-0.25, -0.2) is 4.98 Å². The fraction of sp³-hybridized carbons (Fsp3) is 0.483. The Balaban J connectivity index is 1.59. The molecule has 2 N–H and O–H groups in total. The van der Waals surface area contributed by atoms with Gasteiger partial charge in [-0.05, 0) is 36.6 Å². The fourth-order valence-corrected chi connectivity index (χ4v) is 5.64. The minimum Gasteiger partial charge on any atom is -0.493 e. The quantitative estimate of drug-likeness (QED) is 0.325. The van der Waals surface area contributed by atoms with E-state index < -0.39 is 21.7 Å². The molecule has 3 aromatic rings. The summed E-state index contributed by atoms with van der Waals surface area (Å²) in [5, 5.41) is 9.88. The molecule has 2 fully saturated rings. The molecule has 1 aromatic carbocycles. The van der Waals surface area contributed by atoms with Crippen LogP contribution in [0.2, 0.25) is 0 Å². The number of para-hydroxylation sites is 2. The van der Waals surface area contributed by atoms with Crippen LogP contribution < -0.4 is 23.8 Å². The number of aliphatic hydroxyl groups is 1. The Morgan fingerprint density at radius 3 is 2.51 bits per heavy atom. The molecule has 43 heavy (non-hydrogen) atoms. The molecule has 2 saturated heterocycles. The highest BCUT2D eigenvalue weighted by molar-refractivity contribution is 7.92. The molecule has 0 saturated carbocycles. The number of hydrogen-bond donors (Lipinski definition) is 2. The Kier molecular flexibility index (Phi) is 9.20.